The number of hydrogen-bond acceptors (Lipinski definition) is 12. The number of anilines is 2. The molecule has 0 aliphatic carbocycles. The lowest BCUT2D eigenvalue weighted by Gasteiger charge is -2.02. The van der Waals surface area contributed by atoms with Gasteiger partial charge in [0.05, 0.1) is 23.4 Å². The van der Waals surface area contributed by atoms with Crippen LogP contribution < -0.4 is 10.0 Å². The van der Waals surface area contributed by atoms with Crippen molar-refractivity contribution in [1.82, 2.24) is 20.4 Å². The zero-order valence-corrected chi connectivity index (χ0v) is 18.9. The van der Waals surface area contributed by atoms with E-state index >= 15 is 0 Å². The lowest BCUT2D eigenvalue weighted by molar-refractivity contribution is -0.137. The van der Waals surface area contributed by atoms with E-state index in [1.54, 1.807) is 18.2 Å². The number of ether oxygens (including phenoxy) is 1. The van der Waals surface area contributed by atoms with Gasteiger partial charge in [-0.25, -0.2) is 0 Å². The van der Waals surface area contributed by atoms with E-state index in [0.717, 1.165) is 23.1 Å². The fraction of sp³-hybridized carbons (Fsp3) is 0.143. The van der Waals surface area contributed by atoms with Crippen molar-refractivity contribution >= 4 is 78.2 Å². The summed E-state index contributed by atoms with van der Waals surface area (Å²) in [6, 6.07) is 6.38. The van der Waals surface area contributed by atoms with Gasteiger partial charge in [-0.05, 0) is 12.1 Å². The Labute approximate surface area is 187 Å². The number of benzene rings is 1. The molecule has 3 rings (SSSR count). The molecule has 0 aliphatic heterocycles. The van der Waals surface area contributed by atoms with Gasteiger partial charge >= 0.3 is 5.97 Å². The van der Waals surface area contributed by atoms with Crippen LogP contribution in [-0.2, 0) is 19.6 Å². The second-order valence-electron chi connectivity index (χ2n) is 5.15. The van der Waals surface area contributed by atoms with Crippen molar-refractivity contribution < 1.29 is 22.7 Å². The summed E-state index contributed by atoms with van der Waals surface area (Å²) in [5.74, 6) is -0.981. The lowest BCUT2D eigenvalue weighted by atomic mass is 10.2. The molecule has 1 aromatic carbocycles. The molecule has 16 heteroatoms. The van der Waals surface area contributed by atoms with E-state index in [4.69, 9.17) is 11.6 Å². The van der Waals surface area contributed by atoms with Gasteiger partial charge in [0.15, 0.2) is 4.34 Å². The van der Waals surface area contributed by atoms with Gasteiger partial charge in [-0.3, -0.25) is 19.6 Å². The van der Waals surface area contributed by atoms with Crippen molar-refractivity contribution in [3.05, 3.63) is 34.9 Å². The Morgan fingerprint density at radius 3 is 2.60 bits per heavy atom. The smallest absolute Gasteiger partial charge is 0.316 e. The zero-order valence-electron chi connectivity index (χ0n) is 14.9. The first-order valence-electron chi connectivity index (χ1n) is 7.74. The standard InChI is InChI=1S/C14H11ClN6O5S4/c1-26-9(22)6-27-13-19-18-12(28-13)21-30(24,25)14-20-17-11(29-14)16-10(23)7-4-2-3-5-8(7)15/h2-5H,6H2,1H3,(H,18,21)(H,16,17,23). The number of hydrogen-bond donors (Lipinski definition) is 2. The van der Waals surface area contributed by atoms with Crippen LogP contribution in [0.4, 0.5) is 10.3 Å². The van der Waals surface area contributed by atoms with Crippen molar-refractivity contribution in [2.24, 2.45) is 0 Å². The van der Waals surface area contributed by atoms with Crippen LogP contribution in [0.5, 0.6) is 0 Å². The van der Waals surface area contributed by atoms with Crippen molar-refractivity contribution in [2.45, 2.75) is 8.68 Å². The number of methoxy groups -OCH3 is 1. The van der Waals surface area contributed by atoms with Gasteiger partial charge in [-0.15, -0.1) is 20.4 Å². The Balaban J connectivity index is 1.66. The summed E-state index contributed by atoms with van der Waals surface area (Å²) in [6.07, 6.45) is 0. The maximum absolute atomic E-state index is 12.5. The molecule has 0 spiro atoms. The van der Waals surface area contributed by atoms with E-state index in [9.17, 15) is 18.0 Å². The topological polar surface area (TPSA) is 153 Å². The Morgan fingerprint density at radius 2 is 1.87 bits per heavy atom. The molecule has 30 heavy (non-hydrogen) atoms. The number of amides is 1. The molecule has 0 aliphatic rings. The summed E-state index contributed by atoms with van der Waals surface area (Å²) < 4.78 is 31.7. The number of halogens is 1. The van der Waals surface area contributed by atoms with Crippen LogP contribution in [0.3, 0.4) is 0 Å². The van der Waals surface area contributed by atoms with E-state index < -0.39 is 21.9 Å². The van der Waals surface area contributed by atoms with Gasteiger partial charge in [-0.1, -0.05) is 58.2 Å². The average molecular weight is 507 g/mol. The molecule has 0 radical (unpaired) electrons. The molecule has 11 nitrogen and oxygen atoms in total. The number of aromatic nitrogens is 4. The zero-order chi connectivity index (χ0) is 21.7. The summed E-state index contributed by atoms with van der Waals surface area (Å²) in [6.45, 7) is 0. The highest BCUT2D eigenvalue weighted by molar-refractivity contribution is 8.01. The van der Waals surface area contributed by atoms with Crippen LogP contribution in [0.2, 0.25) is 5.02 Å². The third kappa shape index (κ3) is 5.63. The van der Waals surface area contributed by atoms with Gasteiger partial charge in [0, 0.05) is 0 Å². The second-order valence-corrected chi connectivity index (χ2v) is 10.6. The van der Waals surface area contributed by atoms with E-state index in [2.05, 4.69) is 35.2 Å². The third-order valence-corrected chi connectivity index (χ3v) is 8.09. The van der Waals surface area contributed by atoms with E-state index in [1.807, 2.05) is 0 Å². The Bertz CT molecular complexity index is 1180. The molecule has 2 N–H and O–H groups in total. The number of nitrogens with one attached hydrogen (secondary N) is 2. The Hall–Kier alpha value is -2.33. The third-order valence-electron chi connectivity index (χ3n) is 3.14. The van der Waals surface area contributed by atoms with E-state index in [0.29, 0.717) is 15.7 Å². The number of rotatable bonds is 8. The van der Waals surface area contributed by atoms with E-state index in [-0.39, 0.29) is 30.9 Å². The number of carbonyl (C=O) groups excluding carboxylic acids is 2. The summed E-state index contributed by atoms with van der Waals surface area (Å²) in [4.78, 5) is 23.4. The molecule has 2 heterocycles. The van der Waals surface area contributed by atoms with Crippen LogP contribution >= 0.6 is 46.0 Å². The predicted octanol–water partition coefficient (Wildman–Crippen LogP) is 2.36. The van der Waals surface area contributed by atoms with Crippen LogP contribution in [0.25, 0.3) is 0 Å². The number of esters is 1. The van der Waals surface area contributed by atoms with Crippen LogP contribution in [0.15, 0.2) is 32.9 Å². The van der Waals surface area contributed by atoms with Gasteiger partial charge in [0.25, 0.3) is 20.3 Å². The molecule has 0 bridgehead atoms. The lowest BCUT2D eigenvalue weighted by Crippen LogP contribution is -2.12. The Kier molecular flexibility index (Phi) is 7.19. The molecule has 0 saturated carbocycles. The number of nitrogens with zero attached hydrogens (tertiary/aromatic N) is 4. The maximum Gasteiger partial charge on any atom is 0.316 e. The van der Waals surface area contributed by atoms with Crippen molar-refractivity contribution in [3.63, 3.8) is 0 Å². The molecule has 0 atom stereocenters. The summed E-state index contributed by atoms with van der Waals surface area (Å²) in [5.41, 5.74) is 0.211. The minimum Gasteiger partial charge on any atom is -0.468 e. The van der Waals surface area contributed by atoms with Gasteiger partial charge in [0.2, 0.25) is 10.3 Å². The fourth-order valence-corrected chi connectivity index (χ4v) is 5.76. The molecular formula is C14H11ClN6O5S4. The molecular weight excluding hydrogens is 496 g/mol. The largest absolute Gasteiger partial charge is 0.468 e. The maximum atomic E-state index is 12.5. The van der Waals surface area contributed by atoms with Gasteiger partial charge in [0.1, 0.15) is 0 Å². The van der Waals surface area contributed by atoms with Crippen molar-refractivity contribution in [3.8, 4) is 0 Å². The minimum atomic E-state index is -4.10. The summed E-state index contributed by atoms with van der Waals surface area (Å²) >= 11 is 8.61. The van der Waals surface area contributed by atoms with Crippen LogP contribution in [0.1, 0.15) is 10.4 Å². The number of thioether (sulfide) groups is 1. The fourth-order valence-electron chi connectivity index (χ4n) is 1.83. The molecule has 0 unspecified atom stereocenters. The molecule has 2 aromatic heterocycles. The van der Waals surface area contributed by atoms with Crippen LogP contribution in [0, 0.1) is 0 Å². The first-order valence-corrected chi connectivity index (χ1v) is 12.2. The highest BCUT2D eigenvalue weighted by Crippen LogP contribution is 2.28. The number of carbonyl (C=O) groups is 2. The van der Waals surface area contributed by atoms with Gasteiger partial charge < -0.3 is 4.74 Å². The molecule has 0 fully saturated rings. The minimum absolute atomic E-state index is 0.0146. The monoisotopic (exact) mass is 506 g/mol. The molecule has 0 saturated heterocycles. The summed E-state index contributed by atoms with van der Waals surface area (Å²) in [5, 5.41) is 17.4. The van der Waals surface area contributed by atoms with Crippen molar-refractivity contribution in [2.75, 3.05) is 22.9 Å². The number of sulfonamides is 1. The van der Waals surface area contributed by atoms with Crippen LogP contribution in [-0.4, -0.2) is 53.6 Å². The highest BCUT2D eigenvalue weighted by Gasteiger charge is 2.23. The van der Waals surface area contributed by atoms with Crippen molar-refractivity contribution in [1.29, 1.82) is 0 Å². The first kappa shape index (κ1) is 22.4. The van der Waals surface area contributed by atoms with E-state index in [1.165, 1.54) is 13.2 Å². The molecule has 3 aromatic rings. The molecule has 158 valence electrons. The second kappa shape index (κ2) is 9.65. The SMILES string of the molecule is COC(=O)CSc1nnc(NS(=O)(=O)c2nnc(NC(=O)c3ccccc3Cl)s2)s1. The molecule has 1 amide bonds. The summed E-state index contributed by atoms with van der Waals surface area (Å²) in [7, 11) is -2.84. The van der Waals surface area contributed by atoms with Gasteiger partial charge in [-0.2, -0.15) is 8.42 Å². The first-order chi connectivity index (χ1) is 14.3. The predicted molar refractivity (Wildman–Crippen MR) is 113 cm³/mol. The highest BCUT2D eigenvalue weighted by atomic mass is 35.5. The average Bonchev–Trinajstić information content (AvgIpc) is 3.36. The normalized spacial score (nSPS) is 11.1. The quantitative estimate of drug-likeness (QED) is 0.264. The Morgan fingerprint density at radius 1 is 1.13 bits per heavy atom.